The van der Waals surface area contributed by atoms with Crippen LogP contribution in [0.1, 0.15) is 27.2 Å². The summed E-state index contributed by atoms with van der Waals surface area (Å²) in [6.45, 7) is 12.9. The Hall–Kier alpha value is -0.650. The second kappa shape index (κ2) is 8.51. The molecule has 1 aliphatic rings. The number of hydrogen-bond donors (Lipinski definition) is 1. The molecule has 1 heterocycles. The van der Waals surface area contributed by atoms with Crippen molar-refractivity contribution < 1.29 is 9.53 Å². The van der Waals surface area contributed by atoms with Crippen LogP contribution in [0.3, 0.4) is 0 Å². The van der Waals surface area contributed by atoms with E-state index in [0.717, 1.165) is 32.7 Å². The van der Waals surface area contributed by atoms with E-state index in [4.69, 9.17) is 10.5 Å². The van der Waals surface area contributed by atoms with E-state index in [9.17, 15) is 4.79 Å². The van der Waals surface area contributed by atoms with Gasteiger partial charge in [-0.2, -0.15) is 0 Å². The van der Waals surface area contributed by atoms with Gasteiger partial charge in [0, 0.05) is 32.7 Å². The van der Waals surface area contributed by atoms with Crippen molar-refractivity contribution in [1.82, 2.24) is 9.80 Å². The van der Waals surface area contributed by atoms with Gasteiger partial charge in [-0.15, -0.1) is 0 Å². The molecular weight excluding hydrogens is 242 g/mol. The Morgan fingerprint density at radius 1 is 1.16 bits per heavy atom. The van der Waals surface area contributed by atoms with Gasteiger partial charge in [-0.3, -0.25) is 9.69 Å². The summed E-state index contributed by atoms with van der Waals surface area (Å²) in [4.78, 5) is 16.4. The molecular formula is C14H29N3O2. The summed E-state index contributed by atoms with van der Waals surface area (Å²) in [5.74, 6) is -0.148. The van der Waals surface area contributed by atoms with E-state index in [0.29, 0.717) is 6.61 Å². The highest BCUT2D eigenvalue weighted by atomic mass is 16.5. The summed E-state index contributed by atoms with van der Waals surface area (Å²) in [6, 6.07) is -0.499. The number of carbonyl (C=O) groups is 1. The Kier molecular flexibility index (Phi) is 7.34. The minimum absolute atomic E-state index is 0.130. The van der Waals surface area contributed by atoms with Crippen molar-refractivity contribution in [2.75, 3.05) is 45.9 Å². The van der Waals surface area contributed by atoms with Crippen LogP contribution in [0.2, 0.25) is 0 Å². The van der Waals surface area contributed by atoms with Crippen LogP contribution in [0.25, 0.3) is 0 Å². The van der Waals surface area contributed by atoms with E-state index in [1.165, 1.54) is 13.0 Å². The van der Waals surface area contributed by atoms with Crippen LogP contribution in [0.5, 0.6) is 0 Å². The van der Waals surface area contributed by atoms with E-state index in [1.807, 2.05) is 13.8 Å². The molecule has 0 saturated carbocycles. The van der Waals surface area contributed by atoms with Gasteiger partial charge in [0.1, 0.15) is 12.6 Å². The van der Waals surface area contributed by atoms with Crippen LogP contribution in [0.15, 0.2) is 0 Å². The second-order valence-electron chi connectivity index (χ2n) is 5.62. The first kappa shape index (κ1) is 16.4. The zero-order chi connectivity index (χ0) is 14.3. The molecule has 1 atom stereocenters. The van der Waals surface area contributed by atoms with Crippen molar-refractivity contribution in [3.8, 4) is 0 Å². The van der Waals surface area contributed by atoms with Crippen LogP contribution in [0.4, 0.5) is 0 Å². The first-order valence-electron chi connectivity index (χ1n) is 7.41. The van der Waals surface area contributed by atoms with Gasteiger partial charge in [-0.05, 0) is 18.9 Å². The highest BCUT2D eigenvalue weighted by Gasteiger charge is 2.20. The van der Waals surface area contributed by atoms with Crippen molar-refractivity contribution in [3.05, 3.63) is 0 Å². The predicted octanol–water partition coefficient (Wildman–Crippen LogP) is 0.541. The van der Waals surface area contributed by atoms with Gasteiger partial charge in [0.2, 0.25) is 0 Å². The predicted molar refractivity (Wildman–Crippen MR) is 76.9 cm³/mol. The summed E-state index contributed by atoms with van der Waals surface area (Å²) in [7, 11) is 0. The Morgan fingerprint density at radius 3 is 2.16 bits per heavy atom. The molecule has 2 N–H and O–H groups in total. The summed E-state index contributed by atoms with van der Waals surface area (Å²) < 4.78 is 5.22. The molecule has 0 unspecified atom stereocenters. The fraction of sp³-hybridized carbons (Fsp3) is 0.929. The quantitative estimate of drug-likeness (QED) is 0.685. The summed E-state index contributed by atoms with van der Waals surface area (Å²) in [6.07, 6.45) is 1.21. The Bertz CT molecular complexity index is 263. The monoisotopic (exact) mass is 271 g/mol. The summed E-state index contributed by atoms with van der Waals surface area (Å²) >= 11 is 0. The minimum atomic E-state index is -0.499. The van der Waals surface area contributed by atoms with Crippen LogP contribution in [-0.4, -0.2) is 67.7 Å². The lowest BCUT2D eigenvalue weighted by Gasteiger charge is -2.34. The zero-order valence-corrected chi connectivity index (χ0v) is 12.6. The molecule has 1 aliphatic heterocycles. The molecule has 0 aliphatic carbocycles. The molecule has 0 radical (unpaired) electrons. The van der Waals surface area contributed by atoms with Gasteiger partial charge >= 0.3 is 5.97 Å². The van der Waals surface area contributed by atoms with Crippen molar-refractivity contribution in [2.24, 2.45) is 11.7 Å². The molecule has 112 valence electrons. The van der Waals surface area contributed by atoms with E-state index >= 15 is 0 Å². The van der Waals surface area contributed by atoms with E-state index < -0.39 is 6.04 Å². The Labute approximate surface area is 117 Å². The zero-order valence-electron chi connectivity index (χ0n) is 12.6. The maximum atomic E-state index is 11.6. The number of nitrogens with zero attached hydrogens (tertiary/aromatic N) is 2. The molecule has 19 heavy (non-hydrogen) atoms. The van der Waals surface area contributed by atoms with Gasteiger partial charge in [-0.25, -0.2) is 0 Å². The third-order valence-corrected chi connectivity index (χ3v) is 3.65. The van der Waals surface area contributed by atoms with E-state index in [2.05, 4.69) is 16.7 Å². The van der Waals surface area contributed by atoms with Gasteiger partial charge in [0.05, 0.1) is 0 Å². The topological polar surface area (TPSA) is 58.8 Å². The van der Waals surface area contributed by atoms with Crippen molar-refractivity contribution in [1.29, 1.82) is 0 Å². The maximum absolute atomic E-state index is 11.6. The standard InChI is InChI=1S/C14H29N3O2/c1-4-5-16-6-8-17(9-7-16)10-11-19-14(18)13(15)12(2)3/h12-13H,4-11,15H2,1-3H3/t13-/m0/s1. The third kappa shape index (κ3) is 5.89. The van der Waals surface area contributed by atoms with Gasteiger partial charge in [0.25, 0.3) is 0 Å². The number of hydrogen-bond acceptors (Lipinski definition) is 5. The SMILES string of the molecule is CCCN1CCN(CCOC(=O)[C@@H](N)C(C)C)CC1. The van der Waals surface area contributed by atoms with Gasteiger partial charge in [0.15, 0.2) is 0 Å². The van der Waals surface area contributed by atoms with Crippen LogP contribution < -0.4 is 5.73 Å². The van der Waals surface area contributed by atoms with Crippen molar-refractivity contribution in [2.45, 2.75) is 33.2 Å². The van der Waals surface area contributed by atoms with Crippen LogP contribution in [0, 0.1) is 5.92 Å². The molecule has 5 heteroatoms. The minimum Gasteiger partial charge on any atom is -0.463 e. The average molecular weight is 271 g/mol. The first-order chi connectivity index (χ1) is 9.04. The third-order valence-electron chi connectivity index (χ3n) is 3.65. The van der Waals surface area contributed by atoms with Crippen LogP contribution >= 0.6 is 0 Å². The number of carbonyl (C=O) groups excluding carboxylic acids is 1. The number of ether oxygens (including phenoxy) is 1. The fourth-order valence-electron chi connectivity index (χ4n) is 2.20. The largest absolute Gasteiger partial charge is 0.463 e. The smallest absolute Gasteiger partial charge is 0.323 e. The molecule has 5 nitrogen and oxygen atoms in total. The van der Waals surface area contributed by atoms with Gasteiger partial charge in [-0.1, -0.05) is 20.8 Å². The summed E-state index contributed by atoms with van der Waals surface area (Å²) in [5.41, 5.74) is 5.74. The number of nitrogens with two attached hydrogens (primary N) is 1. The van der Waals surface area contributed by atoms with Crippen molar-refractivity contribution >= 4 is 5.97 Å². The second-order valence-corrected chi connectivity index (χ2v) is 5.62. The molecule has 0 aromatic rings. The molecule has 0 aromatic carbocycles. The first-order valence-corrected chi connectivity index (χ1v) is 7.41. The molecule has 1 rings (SSSR count). The molecule has 1 saturated heterocycles. The van der Waals surface area contributed by atoms with E-state index in [1.54, 1.807) is 0 Å². The highest BCUT2D eigenvalue weighted by Crippen LogP contribution is 2.03. The highest BCUT2D eigenvalue weighted by molar-refractivity contribution is 5.75. The normalized spacial score (nSPS) is 19.6. The van der Waals surface area contributed by atoms with Gasteiger partial charge < -0.3 is 15.4 Å². The van der Waals surface area contributed by atoms with Crippen LogP contribution in [-0.2, 0) is 9.53 Å². The lowest BCUT2D eigenvalue weighted by atomic mass is 10.1. The molecule has 0 spiro atoms. The lowest BCUT2D eigenvalue weighted by Crippen LogP contribution is -2.47. The number of esters is 1. The number of piperazine rings is 1. The Morgan fingerprint density at radius 2 is 1.68 bits per heavy atom. The summed E-state index contributed by atoms with van der Waals surface area (Å²) in [5, 5.41) is 0. The van der Waals surface area contributed by atoms with Crippen molar-refractivity contribution in [3.63, 3.8) is 0 Å². The molecule has 1 fully saturated rings. The Balaban J connectivity index is 2.12. The fourth-order valence-corrected chi connectivity index (χ4v) is 2.20. The maximum Gasteiger partial charge on any atom is 0.323 e. The molecule has 0 amide bonds. The average Bonchev–Trinajstić information content (AvgIpc) is 2.40. The lowest BCUT2D eigenvalue weighted by molar-refractivity contribution is -0.146. The molecule has 0 bridgehead atoms. The van der Waals surface area contributed by atoms with E-state index in [-0.39, 0.29) is 11.9 Å². The number of rotatable bonds is 7. The molecule has 0 aromatic heterocycles.